The number of aromatic nitrogens is 4. The van der Waals surface area contributed by atoms with Crippen molar-refractivity contribution in [3.8, 4) is 0 Å². The number of likely N-dealkylation sites (N-methyl/N-ethyl adjacent to an activating group) is 3. The fourth-order valence-electron chi connectivity index (χ4n) is 19.4. The van der Waals surface area contributed by atoms with Gasteiger partial charge in [-0.25, -0.2) is 18.6 Å². The highest BCUT2D eigenvalue weighted by atomic mass is 127. The molecule has 0 saturated heterocycles. The van der Waals surface area contributed by atoms with E-state index in [1.165, 1.54) is 168 Å². The first kappa shape index (κ1) is 107. The number of aryl methyl sites for hydroxylation is 4. The molecule has 10 aromatic carbocycles. The number of nitrogens with zero attached hydrogens (tertiary/aromatic N) is 10. The molecule has 14 nitrogen and oxygen atoms in total. The third kappa shape index (κ3) is 23.8. The third-order valence-corrected chi connectivity index (χ3v) is 26.2. The van der Waals surface area contributed by atoms with Crippen molar-refractivity contribution in [1.82, 2.24) is 0 Å². The molecule has 4 aromatic heterocycles. The molecule has 0 saturated carbocycles. The number of para-hydroxylation sites is 10. The Morgan fingerprint density at radius 2 is 0.790 bits per heavy atom. The van der Waals surface area contributed by atoms with E-state index >= 15 is 0 Å². The van der Waals surface area contributed by atoms with Gasteiger partial charge in [0.1, 0.15) is 33.2 Å². The largest absolute Gasteiger partial charge is 1.00 e. The van der Waals surface area contributed by atoms with Crippen molar-refractivity contribution in [2.75, 3.05) is 64.8 Å². The molecule has 0 N–H and O–H groups in total. The van der Waals surface area contributed by atoms with Crippen molar-refractivity contribution >= 4 is 131 Å². The molecular formula is C119H123BrClI3N10O4. The molecule has 0 amide bonds. The molecule has 14 aromatic rings. The van der Waals surface area contributed by atoms with Gasteiger partial charge in [0.25, 0.3) is 0 Å². The molecule has 0 fully saturated rings. The summed E-state index contributed by atoms with van der Waals surface area (Å²) in [7, 11) is -0.565. The highest BCUT2D eigenvalue weighted by molar-refractivity contribution is 6.05. The fraction of sp³-hybridized carbons (Fsp3) is 0.202. The zero-order valence-corrected chi connectivity index (χ0v) is 90.0. The Kier molecular flexibility index (Phi) is 37.8. The summed E-state index contributed by atoms with van der Waals surface area (Å²) in [5.74, 6) is 0. The molecule has 0 radical (unpaired) electrons. The van der Waals surface area contributed by atoms with Gasteiger partial charge in [0.05, 0.1) is 16.2 Å². The van der Waals surface area contributed by atoms with Gasteiger partial charge < -0.3 is 113 Å². The number of pyridine rings is 4. The van der Waals surface area contributed by atoms with Crippen molar-refractivity contribution in [2.24, 2.45) is 0 Å². The monoisotopic (exact) mass is 2250 g/mol. The number of fused-ring (bicyclic) bond motifs is 10. The lowest BCUT2D eigenvalue weighted by Gasteiger charge is -2.29. The van der Waals surface area contributed by atoms with E-state index in [0.717, 1.165) is 52.4 Å². The van der Waals surface area contributed by atoms with Gasteiger partial charge in [0, 0.05) is 197 Å². The molecule has 138 heavy (non-hydrogen) atoms. The predicted octanol–water partition coefficient (Wildman–Crippen LogP) is 9.54. The second-order valence-corrected chi connectivity index (χ2v) is 35.3. The molecule has 0 spiro atoms. The molecule has 708 valence electrons. The summed E-state index contributed by atoms with van der Waals surface area (Å²) in [6.45, 7) is 34.6. The van der Waals surface area contributed by atoms with Crippen molar-refractivity contribution in [1.29, 1.82) is 0 Å². The van der Waals surface area contributed by atoms with Crippen LogP contribution < -0.4 is 150 Å². The zero-order valence-electron chi connectivity index (χ0n) is 81.2. The standard InChI is InChI=1S/2C25H25N2.C23H27N2.2C23H23N2.BrH.ClHO4.3HI/c1-3-26-18-16-20(22-12-5-7-14-24(22)26)10-9-11-21-17-19-27(4-2)25-15-8-6-13-23(21)25;1-3-26-22(18-16-20-10-5-7-14-24(20)26)12-9-13-23-19-17-21-11-6-8-15-25(21)27(23)4-2;1-22(2)16-11-7-9-13-18(16)24(5)20(22)15-21-23(3,4)17-12-8-10-14-19(17)25(21)6;1-3-24-15-13-18(20-9-5-7-11-22(20)24)17-19-14-16-25(4-2)23-12-8-6-10-21(19)23;1-3-24-20(15-13-18-9-5-7-11-22(18)24)17-21-16-14-19-10-6-8-12-23(19)25(21)4-2;;2-1(3,4)5;;;/h2*5-19H,3-4H2,1-2H3;7-15H,1-6H3;2*5-17H,3-4H2,1-2H3;1H;(H,2,3,4,5);3*1H/q5*+1;;;;;/p-5. The summed E-state index contributed by atoms with van der Waals surface area (Å²) in [5.41, 5.74) is 33.4. The van der Waals surface area contributed by atoms with E-state index < -0.39 is 10.2 Å². The molecular weight excluding hydrogens is 2130 g/mol. The van der Waals surface area contributed by atoms with Gasteiger partial charge in [-0.2, -0.15) is 22.8 Å². The quantitative estimate of drug-likeness (QED) is 0.0729. The van der Waals surface area contributed by atoms with Crippen LogP contribution >= 0.6 is 0 Å². The van der Waals surface area contributed by atoms with Crippen LogP contribution in [-0.2, 0) is 37.0 Å². The summed E-state index contributed by atoms with van der Waals surface area (Å²) in [6, 6.07) is 99.5. The Morgan fingerprint density at radius 1 is 0.362 bits per heavy atom. The predicted molar refractivity (Wildman–Crippen MR) is 550 cm³/mol. The fourth-order valence-corrected chi connectivity index (χ4v) is 19.4. The van der Waals surface area contributed by atoms with Crippen LogP contribution in [0.1, 0.15) is 139 Å². The molecule has 0 atom stereocenters. The smallest absolute Gasteiger partial charge is 0.213 e. The van der Waals surface area contributed by atoms with Crippen LogP contribution in [0.3, 0.4) is 0 Å². The molecule has 0 unspecified atom stereocenters. The van der Waals surface area contributed by atoms with Gasteiger partial charge in [-0.3, -0.25) is 0 Å². The number of benzene rings is 10. The van der Waals surface area contributed by atoms with Crippen LogP contribution in [0, 0.1) is 10.2 Å². The first-order valence-electron chi connectivity index (χ1n) is 46.9. The average molecular weight is 2250 g/mol. The van der Waals surface area contributed by atoms with Gasteiger partial charge in [-0.05, 0) is 211 Å². The Bertz CT molecular complexity index is 7090. The van der Waals surface area contributed by atoms with E-state index in [9.17, 15) is 0 Å². The first-order valence-corrected chi connectivity index (χ1v) is 48.2. The minimum absolute atomic E-state index is 0. The number of anilines is 5. The van der Waals surface area contributed by atoms with Crippen molar-refractivity contribution < 1.29 is 141 Å². The SMILES string of the molecule is CCN1/C(=C\C=C\c2ccc3ccccc3[n+]2CC)C=Cc2ccccc21.CCN1C(=Cc2ccc3ccccc3[n+]2CC)C=Cc2ccccc21.CCN1C=C/C(=C\C=C\c2cc[n+](CC)c3ccccc23)c2ccccc21.CCN1C=CC(=Cc2cc[n+](CC)c3ccccc23)c2ccccc21.CN1C(=CC2=[N+](C)c3ccccc3C2(C)C)C(C)(C)c2ccccc21.[Br-].[I-].[I-].[I-].[O-][Cl+3]([O-])([O-])[O-]. The molecule has 6 aliphatic rings. The van der Waals surface area contributed by atoms with E-state index in [1.54, 1.807) is 0 Å². The van der Waals surface area contributed by atoms with Gasteiger partial charge in [-0.1, -0.05) is 208 Å². The lowest BCUT2D eigenvalue weighted by Crippen LogP contribution is -3.00. The lowest BCUT2D eigenvalue weighted by molar-refractivity contribution is -2.00. The number of allylic oxidation sites excluding steroid dienone is 12. The number of hydrogen-bond acceptors (Lipinski definition) is 9. The second-order valence-electron chi connectivity index (χ2n) is 34.6. The summed E-state index contributed by atoms with van der Waals surface area (Å²) in [5, 5.41) is 5.14. The maximum absolute atomic E-state index is 8.49. The minimum Gasteiger partial charge on any atom is -1.00 e. The maximum Gasteiger partial charge on any atom is 0.213 e. The van der Waals surface area contributed by atoms with Crippen LogP contribution in [0.15, 0.2) is 376 Å². The van der Waals surface area contributed by atoms with Crippen LogP contribution in [-0.4, -0.2) is 50.6 Å². The Morgan fingerprint density at radius 3 is 1.32 bits per heavy atom. The summed E-state index contributed by atoms with van der Waals surface area (Å²) >= 11 is 0. The van der Waals surface area contributed by atoms with Gasteiger partial charge in [-0.15, -0.1) is 10.2 Å². The van der Waals surface area contributed by atoms with E-state index in [-0.39, 0.29) is 99.7 Å². The highest BCUT2D eigenvalue weighted by Crippen LogP contribution is 2.49. The van der Waals surface area contributed by atoms with Crippen LogP contribution in [0.4, 0.5) is 34.1 Å². The summed E-state index contributed by atoms with van der Waals surface area (Å²) < 4.78 is 45.6. The minimum atomic E-state index is -4.94. The van der Waals surface area contributed by atoms with E-state index in [0.29, 0.717) is 0 Å². The lowest BCUT2D eigenvalue weighted by atomic mass is 9.78. The maximum atomic E-state index is 8.49. The molecule has 6 aliphatic heterocycles. The van der Waals surface area contributed by atoms with Crippen LogP contribution in [0.25, 0.3) is 91.2 Å². The van der Waals surface area contributed by atoms with Crippen molar-refractivity contribution in [3.05, 3.63) is 432 Å². The molecule has 0 aliphatic carbocycles. The number of rotatable bonds is 15. The van der Waals surface area contributed by atoms with E-state index in [4.69, 9.17) is 18.6 Å². The summed E-state index contributed by atoms with van der Waals surface area (Å²) in [6.07, 6.45) is 42.1. The van der Waals surface area contributed by atoms with E-state index in [2.05, 4.69) is 540 Å². The third-order valence-electron chi connectivity index (χ3n) is 26.2. The Hall–Kier alpha value is -11.6. The first-order chi connectivity index (χ1) is 65.0. The average Bonchev–Trinajstić information content (AvgIpc) is 1.57. The highest BCUT2D eigenvalue weighted by Gasteiger charge is 2.46. The zero-order chi connectivity index (χ0) is 94.2. The normalized spacial score (nSPS) is 15.7. The van der Waals surface area contributed by atoms with E-state index in [1.807, 2.05) is 0 Å². The molecule has 10 heterocycles. The molecule has 19 heteroatoms. The Balaban J connectivity index is 0.000000162. The van der Waals surface area contributed by atoms with Gasteiger partial charge in [0.2, 0.25) is 39.1 Å². The van der Waals surface area contributed by atoms with Crippen molar-refractivity contribution in [2.45, 2.75) is 120 Å². The van der Waals surface area contributed by atoms with Gasteiger partial charge in [0.15, 0.2) is 18.1 Å². The molecule has 20 rings (SSSR count). The number of halogens is 5. The number of hydrogen-bond donors (Lipinski definition) is 0. The van der Waals surface area contributed by atoms with Gasteiger partial charge >= 0.3 is 0 Å². The molecule has 0 bridgehead atoms. The summed E-state index contributed by atoms with van der Waals surface area (Å²) in [4.78, 5) is 11.7. The van der Waals surface area contributed by atoms with Crippen LogP contribution in [0.5, 0.6) is 0 Å². The topological polar surface area (TPSA) is 127 Å². The Labute approximate surface area is 879 Å². The van der Waals surface area contributed by atoms with Crippen molar-refractivity contribution in [3.63, 3.8) is 0 Å². The second kappa shape index (κ2) is 48.8. The van der Waals surface area contributed by atoms with Crippen LogP contribution in [0.2, 0.25) is 0 Å².